The Bertz CT molecular complexity index is 588. The molecule has 2 rings (SSSR count). The second-order valence-corrected chi connectivity index (χ2v) is 6.10. The summed E-state index contributed by atoms with van der Waals surface area (Å²) < 4.78 is 7.02. The van der Waals surface area contributed by atoms with Gasteiger partial charge in [-0.05, 0) is 18.2 Å². The number of anilines is 1. The molecule has 0 unspecified atom stereocenters. The van der Waals surface area contributed by atoms with Gasteiger partial charge in [-0.15, -0.1) is 0 Å². The monoisotopic (exact) mass is 357 g/mol. The number of benzene rings is 1. The third-order valence-corrected chi connectivity index (χ3v) is 4.08. The summed E-state index contributed by atoms with van der Waals surface area (Å²) in [7, 11) is 1.61. The van der Waals surface area contributed by atoms with Crippen molar-refractivity contribution in [1.29, 1.82) is 0 Å². The number of ether oxygens (including phenoxy) is 1. The summed E-state index contributed by atoms with van der Waals surface area (Å²) in [4.78, 5) is 16.0. The second-order valence-electron chi connectivity index (χ2n) is 4.15. The first-order valence-corrected chi connectivity index (χ1v) is 7.85. The van der Waals surface area contributed by atoms with Crippen LogP contribution in [0.15, 0.2) is 22.7 Å². The van der Waals surface area contributed by atoms with Gasteiger partial charge in [-0.3, -0.25) is 4.79 Å². The third-order valence-electron chi connectivity index (χ3n) is 2.61. The highest BCUT2D eigenvalue weighted by Gasteiger charge is 2.05. The maximum Gasteiger partial charge on any atom is 0.221 e. The van der Waals surface area contributed by atoms with Gasteiger partial charge in [0.15, 0.2) is 5.13 Å². The van der Waals surface area contributed by atoms with Crippen molar-refractivity contribution in [2.24, 2.45) is 0 Å². The van der Waals surface area contributed by atoms with Crippen molar-refractivity contribution in [3.8, 4) is 0 Å². The lowest BCUT2D eigenvalue weighted by Gasteiger charge is -2.04. The number of nitrogens with zero attached hydrogens (tertiary/aromatic N) is 1. The molecule has 2 N–H and O–H groups in total. The van der Waals surface area contributed by atoms with Gasteiger partial charge in [0.05, 0.1) is 16.8 Å². The number of thiazole rings is 1. The molecule has 0 radical (unpaired) electrons. The number of hydrogen-bond acceptors (Lipinski definition) is 5. The largest absolute Gasteiger partial charge is 0.383 e. The fourth-order valence-electron chi connectivity index (χ4n) is 1.64. The molecule has 0 saturated heterocycles. The lowest BCUT2D eigenvalue weighted by Crippen LogP contribution is -2.28. The van der Waals surface area contributed by atoms with Crippen LogP contribution in [0, 0.1) is 0 Å². The topological polar surface area (TPSA) is 63.2 Å². The third kappa shape index (κ3) is 4.43. The molecule has 0 aliphatic rings. The van der Waals surface area contributed by atoms with Crippen molar-refractivity contribution in [3.05, 3.63) is 22.7 Å². The number of nitrogens with one attached hydrogen (secondary N) is 2. The fourth-order valence-corrected chi connectivity index (χ4v) is 3.08. The molecular weight excluding hydrogens is 342 g/mol. The first-order valence-electron chi connectivity index (χ1n) is 6.24. The van der Waals surface area contributed by atoms with Crippen molar-refractivity contribution in [1.82, 2.24) is 10.3 Å². The molecule has 1 amide bonds. The number of aromatic nitrogens is 1. The number of hydrogen-bond donors (Lipinski definition) is 2. The minimum atomic E-state index is 0.0124. The minimum absolute atomic E-state index is 0.0124. The molecular formula is C13H16BrN3O2S. The molecule has 0 saturated carbocycles. The Hall–Kier alpha value is -1.18. The zero-order chi connectivity index (χ0) is 14.4. The Balaban J connectivity index is 1.79. The van der Waals surface area contributed by atoms with E-state index >= 15 is 0 Å². The van der Waals surface area contributed by atoms with Crippen LogP contribution >= 0.6 is 27.3 Å². The van der Waals surface area contributed by atoms with Crippen LogP contribution in [0.4, 0.5) is 5.13 Å². The highest BCUT2D eigenvalue weighted by atomic mass is 79.9. The minimum Gasteiger partial charge on any atom is -0.383 e. The van der Waals surface area contributed by atoms with E-state index in [0.29, 0.717) is 26.1 Å². The average Bonchev–Trinajstić information content (AvgIpc) is 2.81. The zero-order valence-corrected chi connectivity index (χ0v) is 13.5. The first kappa shape index (κ1) is 15.2. The highest BCUT2D eigenvalue weighted by Crippen LogP contribution is 2.28. The summed E-state index contributed by atoms with van der Waals surface area (Å²) >= 11 is 5.02. The van der Waals surface area contributed by atoms with Gasteiger partial charge >= 0.3 is 0 Å². The highest BCUT2D eigenvalue weighted by molar-refractivity contribution is 9.10. The molecule has 1 aromatic heterocycles. The van der Waals surface area contributed by atoms with E-state index in [1.165, 1.54) is 0 Å². The summed E-state index contributed by atoms with van der Waals surface area (Å²) in [5.74, 6) is 0.0124. The maximum absolute atomic E-state index is 11.5. The molecule has 0 atom stereocenters. The van der Waals surface area contributed by atoms with Crippen molar-refractivity contribution >= 4 is 48.5 Å². The van der Waals surface area contributed by atoms with Gasteiger partial charge in [0.2, 0.25) is 5.91 Å². The van der Waals surface area contributed by atoms with E-state index in [2.05, 4.69) is 31.5 Å². The van der Waals surface area contributed by atoms with E-state index in [1.54, 1.807) is 18.4 Å². The molecule has 7 heteroatoms. The van der Waals surface area contributed by atoms with Crippen molar-refractivity contribution < 1.29 is 9.53 Å². The number of carbonyl (C=O) groups is 1. The van der Waals surface area contributed by atoms with Crippen LogP contribution in [0.3, 0.4) is 0 Å². The number of fused-ring (bicyclic) bond motifs is 1. The Morgan fingerprint density at radius 1 is 1.45 bits per heavy atom. The van der Waals surface area contributed by atoms with Crippen molar-refractivity contribution in [3.63, 3.8) is 0 Å². The van der Waals surface area contributed by atoms with E-state index < -0.39 is 0 Å². The Kier molecular flexibility index (Phi) is 5.75. The standard InChI is InChI=1S/C13H16BrN3O2S/c1-19-7-6-15-12(18)4-5-16-13-17-10-3-2-9(14)8-11(10)20-13/h2-3,8H,4-7H2,1H3,(H,15,18)(H,16,17). The van der Waals surface area contributed by atoms with Crippen LogP contribution in [-0.4, -0.2) is 37.7 Å². The molecule has 0 spiro atoms. The van der Waals surface area contributed by atoms with E-state index in [-0.39, 0.29) is 5.91 Å². The van der Waals surface area contributed by atoms with E-state index in [9.17, 15) is 4.79 Å². The molecule has 0 aliphatic heterocycles. The van der Waals surface area contributed by atoms with Gasteiger partial charge in [-0.25, -0.2) is 4.98 Å². The molecule has 1 aromatic carbocycles. The number of amides is 1. The molecule has 20 heavy (non-hydrogen) atoms. The molecule has 0 fully saturated rings. The Labute approximate surface area is 129 Å². The number of carbonyl (C=O) groups excluding carboxylic acids is 1. The predicted octanol–water partition coefficient (Wildman–Crippen LogP) is 2.62. The van der Waals surface area contributed by atoms with Gasteiger partial charge < -0.3 is 15.4 Å². The summed E-state index contributed by atoms with van der Waals surface area (Å²) in [6, 6.07) is 5.98. The quantitative estimate of drug-likeness (QED) is 0.747. The van der Waals surface area contributed by atoms with Crippen LogP contribution in [0.1, 0.15) is 6.42 Å². The summed E-state index contributed by atoms with van der Waals surface area (Å²) in [6.45, 7) is 1.65. The second kappa shape index (κ2) is 7.56. The number of methoxy groups -OCH3 is 1. The molecule has 0 bridgehead atoms. The van der Waals surface area contributed by atoms with Crippen LogP contribution in [0.25, 0.3) is 10.2 Å². The molecule has 2 aromatic rings. The van der Waals surface area contributed by atoms with Crippen LogP contribution in [0.5, 0.6) is 0 Å². The number of halogens is 1. The molecule has 5 nitrogen and oxygen atoms in total. The van der Waals surface area contributed by atoms with Crippen molar-refractivity contribution in [2.75, 3.05) is 32.1 Å². The summed E-state index contributed by atoms with van der Waals surface area (Å²) in [6.07, 6.45) is 0.420. The fraction of sp³-hybridized carbons (Fsp3) is 0.385. The predicted molar refractivity (Wildman–Crippen MR) is 85.3 cm³/mol. The number of rotatable bonds is 7. The molecule has 108 valence electrons. The van der Waals surface area contributed by atoms with Crippen molar-refractivity contribution in [2.45, 2.75) is 6.42 Å². The summed E-state index contributed by atoms with van der Waals surface area (Å²) in [5.41, 5.74) is 0.963. The van der Waals surface area contributed by atoms with Crippen LogP contribution < -0.4 is 10.6 Å². The molecule has 1 heterocycles. The van der Waals surface area contributed by atoms with Gasteiger partial charge in [0.1, 0.15) is 0 Å². The smallest absolute Gasteiger partial charge is 0.221 e. The lowest BCUT2D eigenvalue weighted by atomic mass is 10.3. The van der Waals surface area contributed by atoms with E-state index in [1.807, 2.05) is 18.2 Å². The normalized spacial score (nSPS) is 10.7. The molecule has 0 aliphatic carbocycles. The Morgan fingerprint density at radius 2 is 2.30 bits per heavy atom. The van der Waals surface area contributed by atoms with Gasteiger partial charge in [0, 0.05) is 31.1 Å². The van der Waals surface area contributed by atoms with E-state index in [4.69, 9.17) is 4.74 Å². The van der Waals surface area contributed by atoms with Gasteiger partial charge in [0.25, 0.3) is 0 Å². The lowest BCUT2D eigenvalue weighted by molar-refractivity contribution is -0.121. The van der Waals surface area contributed by atoms with Crippen LogP contribution in [-0.2, 0) is 9.53 Å². The SMILES string of the molecule is COCCNC(=O)CCNc1nc2ccc(Br)cc2s1. The van der Waals surface area contributed by atoms with Gasteiger partial charge in [-0.2, -0.15) is 0 Å². The van der Waals surface area contributed by atoms with E-state index in [0.717, 1.165) is 19.8 Å². The summed E-state index contributed by atoms with van der Waals surface area (Å²) in [5, 5.41) is 6.79. The van der Waals surface area contributed by atoms with Gasteiger partial charge in [-0.1, -0.05) is 27.3 Å². The Morgan fingerprint density at radius 3 is 3.10 bits per heavy atom. The zero-order valence-electron chi connectivity index (χ0n) is 11.1. The first-order chi connectivity index (χ1) is 9.69. The van der Waals surface area contributed by atoms with Crippen LogP contribution in [0.2, 0.25) is 0 Å². The maximum atomic E-state index is 11.5. The average molecular weight is 358 g/mol.